The van der Waals surface area contributed by atoms with Crippen molar-refractivity contribution >= 4 is 0 Å². The summed E-state index contributed by atoms with van der Waals surface area (Å²) in [6.45, 7) is 5.05. The van der Waals surface area contributed by atoms with Crippen molar-refractivity contribution in [2.75, 3.05) is 32.8 Å². The van der Waals surface area contributed by atoms with Gasteiger partial charge in [-0.2, -0.15) is 0 Å². The summed E-state index contributed by atoms with van der Waals surface area (Å²) in [7, 11) is 0. The van der Waals surface area contributed by atoms with Crippen LogP contribution in [0.4, 0.5) is 0 Å². The van der Waals surface area contributed by atoms with Crippen molar-refractivity contribution in [3.63, 3.8) is 0 Å². The van der Waals surface area contributed by atoms with E-state index in [9.17, 15) is 0 Å². The number of nitrogens with zero attached hydrogens (tertiary/aromatic N) is 1. The number of rotatable bonds is 3. The monoisotopic (exact) mass is 212 g/mol. The van der Waals surface area contributed by atoms with E-state index in [1.54, 1.807) is 0 Å². The molecule has 2 rings (SSSR count). The molecule has 0 radical (unpaired) electrons. The first-order valence-corrected chi connectivity index (χ1v) is 6.51. The summed E-state index contributed by atoms with van der Waals surface area (Å²) >= 11 is 0. The fraction of sp³-hybridized carbons (Fsp3) is 1.00. The fourth-order valence-electron chi connectivity index (χ4n) is 2.55. The standard InChI is InChI=1S/C12H24N2O/c1-2-4-6-12(5-3-1)11-13-14-7-9-15-10-8-14/h12-13H,1-11H2. The van der Waals surface area contributed by atoms with Crippen LogP contribution in [0.5, 0.6) is 0 Å². The zero-order valence-corrected chi connectivity index (χ0v) is 9.71. The molecule has 0 bridgehead atoms. The SMILES string of the molecule is C1CCCC(CNN2CCOCC2)CC1. The minimum Gasteiger partial charge on any atom is -0.379 e. The molecular formula is C12H24N2O. The number of hydrogen-bond acceptors (Lipinski definition) is 3. The lowest BCUT2D eigenvalue weighted by atomic mass is 10.0. The van der Waals surface area contributed by atoms with Gasteiger partial charge in [0.05, 0.1) is 13.2 Å². The molecule has 0 unspecified atom stereocenters. The molecule has 2 aliphatic rings. The van der Waals surface area contributed by atoms with Crippen LogP contribution in [0.3, 0.4) is 0 Å². The lowest BCUT2D eigenvalue weighted by Gasteiger charge is -2.29. The lowest BCUT2D eigenvalue weighted by molar-refractivity contribution is 0.00892. The smallest absolute Gasteiger partial charge is 0.0608 e. The van der Waals surface area contributed by atoms with Crippen molar-refractivity contribution in [3.05, 3.63) is 0 Å². The Balaban J connectivity index is 1.62. The van der Waals surface area contributed by atoms with Crippen LogP contribution in [0, 0.1) is 5.92 Å². The van der Waals surface area contributed by atoms with E-state index in [1.807, 2.05) is 0 Å². The number of hydrogen-bond donors (Lipinski definition) is 1. The van der Waals surface area contributed by atoms with Gasteiger partial charge in [-0.3, -0.25) is 5.43 Å². The summed E-state index contributed by atoms with van der Waals surface area (Å²) in [6, 6.07) is 0. The normalized spacial score (nSPS) is 26.4. The molecule has 1 N–H and O–H groups in total. The van der Waals surface area contributed by atoms with Crippen LogP contribution >= 0.6 is 0 Å². The van der Waals surface area contributed by atoms with Crippen molar-refractivity contribution in [3.8, 4) is 0 Å². The lowest BCUT2D eigenvalue weighted by Crippen LogP contribution is -2.47. The molecule has 0 aromatic carbocycles. The van der Waals surface area contributed by atoms with Crippen molar-refractivity contribution in [2.45, 2.75) is 38.5 Å². The molecule has 1 saturated heterocycles. The summed E-state index contributed by atoms with van der Waals surface area (Å²) < 4.78 is 5.33. The summed E-state index contributed by atoms with van der Waals surface area (Å²) in [4.78, 5) is 0. The predicted molar refractivity (Wildman–Crippen MR) is 61.6 cm³/mol. The number of morpholine rings is 1. The number of hydrazine groups is 1. The second-order valence-electron chi connectivity index (χ2n) is 4.82. The first-order chi connectivity index (χ1) is 7.45. The van der Waals surface area contributed by atoms with Gasteiger partial charge in [0.2, 0.25) is 0 Å². The first-order valence-electron chi connectivity index (χ1n) is 6.51. The minimum absolute atomic E-state index is 0.887. The summed E-state index contributed by atoms with van der Waals surface area (Å²) in [5.74, 6) is 0.912. The summed E-state index contributed by atoms with van der Waals surface area (Å²) in [6.07, 6.45) is 8.64. The van der Waals surface area contributed by atoms with E-state index in [2.05, 4.69) is 10.4 Å². The molecule has 1 heterocycles. The quantitative estimate of drug-likeness (QED) is 0.722. The van der Waals surface area contributed by atoms with Crippen LogP contribution in [-0.4, -0.2) is 37.9 Å². The highest BCUT2D eigenvalue weighted by Gasteiger charge is 2.14. The van der Waals surface area contributed by atoms with Crippen LogP contribution in [0.25, 0.3) is 0 Å². The second-order valence-corrected chi connectivity index (χ2v) is 4.82. The van der Waals surface area contributed by atoms with Crippen molar-refractivity contribution in [1.82, 2.24) is 10.4 Å². The molecule has 1 aliphatic carbocycles. The van der Waals surface area contributed by atoms with Crippen molar-refractivity contribution in [1.29, 1.82) is 0 Å². The first kappa shape index (κ1) is 11.4. The van der Waals surface area contributed by atoms with Gasteiger partial charge in [-0.25, -0.2) is 5.01 Å². The molecule has 0 aromatic rings. The third kappa shape index (κ3) is 4.09. The van der Waals surface area contributed by atoms with E-state index in [-0.39, 0.29) is 0 Å². The Bertz CT molecular complexity index is 161. The molecule has 3 heteroatoms. The van der Waals surface area contributed by atoms with E-state index in [1.165, 1.54) is 45.1 Å². The molecule has 88 valence electrons. The molecule has 15 heavy (non-hydrogen) atoms. The zero-order valence-electron chi connectivity index (χ0n) is 9.71. The van der Waals surface area contributed by atoms with E-state index < -0.39 is 0 Å². The second kappa shape index (κ2) is 6.46. The Morgan fingerprint density at radius 3 is 2.33 bits per heavy atom. The molecule has 3 nitrogen and oxygen atoms in total. The number of nitrogens with one attached hydrogen (secondary N) is 1. The Hall–Kier alpha value is -0.120. The van der Waals surface area contributed by atoms with Gasteiger partial charge in [-0.15, -0.1) is 0 Å². The summed E-state index contributed by atoms with van der Waals surface area (Å²) in [5, 5.41) is 2.33. The van der Waals surface area contributed by atoms with Crippen LogP contribution in [0.1, 0.15) is 38.5 Å². The third-order valence-electron chi connectivity index (χ3n) is 3.59. The molecule has 0 amide bonds. The molecule has 0 aromatic heterocycles. The van der Waals surface area contributed by atoms with E-state index in [4.69, 9.17) is 4.74 Å². The van der Waals surface area contributed by atoms with Crippen LogP contribution in [-0.2, 0) is 4.74 Å². The highest BCUT2D eigenvalue weighted by atomic mass is 16.5. The predicted octanol–water partition coefficient (Wildman–Crippen LogP) is 1.79. The van der Waals surface area contributed by atoms with Gasteiger partial charge in [-0.05, 0) is 18.8 Å². The van der Waals surface area contributed by atoms with Crippen molar-refractivity contribution in [2.24, 2.45) is 5.92 Å². The number of ether oxygens (including phenoxy) is 1. The van der Waals surface area contributed by atoms with E-state index in [0.29, 0.717) is 0 Å². The molecule has 1 saturated carbocycles. The molecule has 0 spiro atoms. The van der Waals surface area contributed by atoms with Gasteiger partial charge in [-0.1, -0.05) is 25.7 Å². The topological polar surface area (TPSA) is 24.5 Å². The zero-order chi connectivity index (χ0) is 10.3. The van der Waals surface area contributed by atoms with E-state index in [0.717, 1.165) is 32.2 Å². The highest BCUT2D eigenvalue weighted by Crippen LogP contribution is 2.22. The fourth-order valence-corrected chi connectivity index (χ4v) is 2.55. The van der Waals surface area contributed by atoms with Gasteiger partial charge < -0.3 is 4.74 Å². The maximum Gasteiger partial charge on any atom is 0.0608 e. The maximum atomic E-state index is 5.33. The van der Waals surface area contributed by atoms with Crippen LogP contribution < -0.4 is 5.43 Å². The van der Waals surface area contributed by atoms with Gasteiger partial charge in [0.1, 0.15) is 0 Å². The third-order valence-corrected chi connectivity index (χ3v) is 3.59. The van der Waals surface area contributed by atoms with Gasteiger partial charge in [0.25, 0.3) is 0 Å². The van der Waals surface area contributed by atoms with Gasteiger partial charge in [0, 0.05) is 19.6 Å². The Morgan fingerprint density at radius 2 is 1.67 bits per heavy atom. The Kier molecular flexibility index (Phi) is 4.90. The van der Waals surface area contributed by atoms with Gasteiger partial charge >= 0.3 is 0 Å². The van der Waals surface area contributed by atoms with Crippen molar-refractivity contribution < 1.29 is 4.74 Å². The average molecular weight is 212 g/mol. The molecular weight excluding hydrogens is 188 g/mol. The maximum absolute atomic E-state index is 5.33. The molecule has 0 atom stereocenters. The van der Waals surface area contributed by atoms with Crippen LogP contribution in [0.2, 0.25) is 0 Å². The molecule has 2 fully saturated rings. The van der Waals surface area contributed by atoms with E-state index >= 15 is 0 Å². The molecule has 1 aliphatic heterocycles. The minimum atomic E-state index is 0.887. The average Bonchev–Trinajstić information content (AvgIpc) is 2.56. The highest BCUT2D eigenvalue weighted by molar-refractivity contribution is 4.67. The van der Waals surface area contributed by atoms with Gasteiger partial charge in [0.15, 0.2) is 0 Å². The largest absolute Gasteiger partial charge is 0.379 e. The Labute approximate surface area is 93.1 Å². The van der Waals surface area contributed by atoms with Crippen LogP contribution in [0.15, 0.2) is 0 Å². The Morgan fingerprint density at radius 1 is 1.00 bits per heavy atom. The summed E-state index contributed by atoms with van der Waals surface area (Å²) in [5.41, 5.74) is 3.57.